The van der Waals surface area contributed by atoms with Gasteiger partial charge in [0.2, 0.25) is 0 Å². The van der Waals surface area contributed by atoms with Crippen LogP contribution in [0.25, 0.3) is 11.1 Å². The van der Waals surface area contributed by atoms with E-state index in [1.54, 1.807) is 30.3 Å². The maximum atomic E-state index is 11.3. The fourth-order valence-corrected chi connectivity index (χ4v) is 2.50. The molecule has 0 unspecified atom stereocenters. The zero-order chi connectivity index (χ0) is 18.0. The van der Waals surface area contributed by atoms with Gasteiger partial charge in [0.25, 0.3) is 5.95 Å². The zero-order valence-electron chi connectivity index (χ0n) is 13.4. The van der Waals surface area contributed by atoms with Crippen LogP contribution in [0.3, 0.4) is 0 Å². The summed E-state index contributed by atoms with van der Waals surface area (Å²) in [6.45, 7) is 1.43. The number of esters is 1. The maximum Gasteiger partial charge on any atom is 0.310 e. The monoisotopic (exact) mass is 340 g/mol. The van der Waals surface area contributed by atoms with E-state index in [4.69, 9.17) is 9.47 Å². The molecule has 6 heteroatoms. The van der Waals surface area contributed by atoms with Gasteiger partial charge in [-0.25, -0.2) is 0 Å². The third-order valence-electron chi connectivity index (χ3n) is 3.59. The lowest BCUT2D eigenvalue weighted by Crippen LogP contribution is -2.11. The van der Waals surface area contributed by atoms with Crippen molar-refractivity contribution in [3.05, 3.63) is 65.6 Å². The number of phenols is 3. The van der Waals surface area contributed by atoms with Gasteiger partial charge in [0.15, 0.2) is 0 Å². The Hall–Kier alpha value is -3.41. The molecule has 3 N–H and O–H groups in total. The van der Waals surface area contributed by atoms with Gasteiger partial charge in [-0.15, -0.1) is 0 Å². The SMILES string of the molecule is CC(=O)OC1=C(c2cc(O)cc(O)c2)C=C(c2ccc(O)cc2)CO1. The van der Waals surface area contributed by atoms with Crippen LogP contribution in [0.2, 0.25) is 0 Å². The molecular formula is C19H16O6. The topological polar surface area (TPSA) is 96.2 Å². The number of hydrogen-bond acceptors (Lipinski definition) is 6. The Labute approximate surface area is 143 Å². The van der Waals surface area contributed by atoms with E-state index in [-0.39, 0.29) is 29.8 Å². The van der Waals surface area contributed by atoms with E-state index in [1.807, 2.05) is 0 Å². The normalized spacial score (nSPS) is 13.9. The minimum absolute atomic E-state index is 0.0000262. The molecule has 0 aromatic heterocycles. The average molecular weight is 340 g/mol. The van der Waals surface area contributed by atoms with Crippen molar-refractivity contribution in [1.29, 1.82) is 0 Å². The highest BCUT2D eigenvalue weighted by Gasteiger charge is 2.21. The second kappa shape index (κ2) is 6.60. The summed E-state index contributed by atoms with van der Waals surface area (Å²) >= 11 is 0. The standard InChI is InChI=1S/C19H16O6/c1-11(20)25-19-18(13-6-16(22)9-17(23)7-13)8-14(10-24-19)12-2-4-15(21)5-3-12/h2-9,21-23H,10H2,1H3. The highest BCUT2D eigenvalue weighted by Crippen LogP contribution is 2.35. The number of hydrogen-bond donors (Lipinski definition) is 3. The molecule has 1 heterocycles. The van der Waals surface area contributed by atoms with Crippen molar-refractivity contribution in [3.8, 4) is 17.2 Å². The summed E-state index contributed by atoms with van der Waals surface area (Å²) in [5.41, 5.74) is 2.45. The minimum atomic E-state index is -0.543. The van der Waals surface area contributed by atoms with E-state index in [0.29, 0.717) is 11.1 Å². The third-order valence-corrected chi connectivity index (χ3v) is 3.59. The van der Waals surface area contributed by atoms with Gasteiger partial charge in [0.05, 0.1) is 5.57 Å². The second-order valence-electron chi connectivity index (χ2n) is 5.54. The van der Waals surface area contributed by atoms with Crippen molar-refractivity contribution in [1.82, 2.24) is 0 Å². The first-order valence-corrected chi connectivity index (χ1v) is 7.51. The molecule has 0 amide bonds. The van der Waals surface area contributed by atoms with Crippen LogP contribution >= 0.6 is 0 Å². The number of allylic oxidation sites excluding steroid dienone is 2. The molecule has 6 nitrogen and oxygen atoms in total. The van der Waals surface area contributed by atoms with Crippen molar-refractivity contribution in [2.24, 2.45) is 0 Å². The van der Waals surface area contributed by atoms with Crippen molar-refractivity contribution < 1.29 is 29.6 Å². The molecule has 0 saturated heterocycles. The zero-order valence-corrected chi connectivity index (χ0v) is 13.4. The molecule has 0 atom stereocenters. The summed E-state index contributed by atoms with van der Waals surface area (Å²) in [5, 5.41) is 28.9. The van der Waals surface area contributed by atoms with Gasteiger partial charge in [-0.3, -0.25) is 4.79 Å². The summed E-state index contributed by atoms with van der Waals surface area (Å²) in [5.74, 6) is -0.654. The number of benzene rings is 2. The molecule has 0 aliphatic carbocycles. The molecule has 1 aliphatic rings. The van der Waals surface area contributed by atoms with Crippen molar-refractivity contribution >= 4 is 17.1 Å². The lowest BCUT2D eigenvalue weighted by atomic mass is 9.97. The van der Waals surface area contributed by atoms with Gasteiger partial charge in [0.1, 0.15) is 23.9 Å². The van der Waals surface area contributed by atoms with E-state index < -0.39 is 5.97 Å². The molecular weight excluding hydrogens is 324 g/mol. The van der Waals surface area contributed by atoms with Crippen molar-refractivity contribution in [2.45, 2.75) is 6.92 Å². The number of ether oxygens (including phenoxy) is 2. The predicted octanol–water partition coefficient (Wildman–Crippen LogP) is 3.15. The lowest BCUT2D eigenvalue weighted by Gasteiger charge is -2.21. The highest BCUT2D eigenvalue weighted by atomic mass is 16.7. The first kappa shape index (κ1) is 16.4. The molecule has 0 bridgehead atoms. The second-order valence-corrected chi connectivity index (χ2v) is 5.54. The van der Waals surface area contributed by atoms with E-state index in [9.17, 15) is 20.1 Å². The summed E-state index contributed by atoms with van der Waals surface area (Å²) in [7, 11) is 0. The van der Waals surface area contributed by atoms with Crippen LogP contribution in [0.1, 0.15) is 18.1 Å². The Morgan fingerprint density at radius 1 is 0.960 bits per heavy atom. The molecule has 2 aromatic carbocycles. The molecule has 128 valence electrons. The summed E-state index contributed by atoms with van der Waals surface area (Å²) in [6, 6.07) is 10.6. The number of aromatic hydroxyl groups is 3. The number of carbonyl (C=O) groups is 1. The molecule has 0 saturated carbocycles. The highest BCUT2D eigenvalue weighted by molar-refractivity contribution is 5.87. The van der Waals surface area contributed by atoms with Gasteiger partial charge in [0, 0.05) is 13.0 Å². The Kier molecular flexibility index (Phi) is 4.35. The van der Waals surface area contributed by atoms with Crippen LogP contribution in [-0.4, -0.2) is 27.9 Å². The van der Waals surface area contributed by atoms with Crippen LogP contribution in [0.4, 0.5) is 0 Å². The van der Waals surface area contributed by atoms with Gasteiger partial charge >= 0.3 is 5.97 Å². The van der Waals surface area contributed by atoms with Crippen molar-refractivity contribution in [2.75, 3.05) is 6.61 Å². The molecule has 2 aromatic rings. The van der Waals surface area contributed by atoms with Crippen LogP contribution < -0.4 is 0 Å². The molecule has 25 heavy (non-hydrogen) atoms. The Morgan fingerprint density at radius 3 is 2.20 bits per heavy atom. The van der Waals surface area contributed by atoms with E-state index in [0.717, 1.165) is 11.1 Å². The van der Waals surface area contributed by atoms with E-state index in [1.165, 1.54) is 25.1 Å². The van der Waals surface area contributed by atoms with Gasteiger partial charge < -0.3 is 24.8 Å². The maximum absolute atomic E-state index is 11.3. The Bertz CT molecular complexity index is 857. The lowest BCUT2D eigenvalue weighted by molar-refractivity contribution is -0.141. The largest absolute Gasteiger partial charge is 0.508 e. The molecule has 3 rings (SSSR count). The quantitative estimate of drug-likeness (QED) is 0.743. The smallest absolute Gasteiger partial charge is 0.310 e. The summed E-state index contributed by atoms with van der Waals surface area (Å²) in [6.07, 6.45) is 1.75. The van der Waals surface area contributed by atoms with E-state index >= 15 is 0 Å². The fraction of sp³-hybridized carbons (Fsp3) is 0.105. The molecule has 0 spiro atoms. The van der Waals surface area contributed by atoms with Crippen LogP contribution in [0, 0.1) is 0 Å². The number of phenolic OH excluding ortho intramolecular Hbond substituents is 3. The Balaban J connectivity index is 2.10. The number of rotatable bonds is 3. The van der Waals surface area contributed by atoms with Crippen LogP contribution in [0.15, 0.2) is 54.5 Å². The van der Waals surface area contributed by atoms with Gasteiger partial charge in [-0.1, -0.05) is 12.1 Å². The van der Waals surface area contributed by atoms with Crippen molar-refractivity contribution in [3.63, 3.8) is 0 Å². The first-order valence-electron chi connectivity index (χ1n) is 7.51. The molecule has 0 fully saturated rings. The average Bonchev–Trinajstić information content (AvgIpc) is 2.54. The minimum Gasteiger partial charge on any atom is -0.508 e. The van der Waals surface area contributed by atoms with Crippen LogP contribution in [-0.2, 0) is 14.3 Å². The van der Waals surface area contributed by atoms with Gasteiger partial charge in [-0.2, -0.15) is 0 Å². The van der Waals surface area contributed by atoms with Gasteiger partial charge in [-0.05, 0) is 47.0 Å². The fourth-order valence-electron chi connectivity index (χ4n) is 2.50. The number of carbonyl (C=O) groups excluding carboxylic acids is 1. The van der Waals surface area contributed by atoms with E-state index in [2.05, 4.69) is 0 Å². The third kappa shape index (κ3) is 3.74. The molecule has 1 aliphatic heterocycles. The van der Waals surface area contributed by atoms with Crippen LogP contribution in [0.5, 0.6) is 17.2 Å². The predicted molar refractivity (Wildman–Crippen MR) is 90.5 cm³/mol. The summed E-state index contributed by atoms with van der Waals surface area (Å²) in [4.78, 5) is 11.3. The first-order chi connectivity index (χ1) is 11.9. The Morgan fingerprint density at radius 2 is 1.60 bits per heavy atom. The molecule has 0 radical (unpaired) electrons. The summed E-state index contributed by atoms with van der Waals surface area (Å²) < 4.78 is 10.7.